The minimum absolute atomic E-state index is 0.0140. The quantitative estimate of drug-likeness (QED) is 0.137. The lowest BCUT2D eigenvalue weighted by atomic mass is 10.1. The van der Waals surface area contributed by atoms with Gasteiger partial charge < -0.3 is 20.7 Å². The Morgan fingerprint density at radius 3 is 2.36 bits per heavy atom. The van der Waals surface area contributed by atoms with Gasteiger partial charge in [0.05, 0.1) is 4.90 Å². The number of carbonyl (C=O) groups excluding carboxylic acids is 2. The fraction of sp³-hybridized carbons (Fsp3) is 0.250. The monoisotopic (exact) mass is 653 g/mol. The molecule has 0 saturated heterocycles. The largest absolute Gasteiger partial charge is 0.443 e. The van der Waals surface area contributed by atoms with Gasteiger partial charge >= 0.3 is 12.1 Å². The second-order valence-corrected chi connectivity index (χ2v) is 13.2. The lowest BCUT2D eigenvalue weighted by molar-refractivity contribution is 0.159. The van der Waals surface area contributed by atoms with Crippen molar-refractivity contribution in [1.29, 1.82) is 0 Å². The number of nitrogens with two attached hydrogens (primary N) is 2. The number of aliphatic imine (C=N–C) groups is 1. The zero-order valence-electron chi connectivity index (χ0n) is 22.6. The number of sulfonamides is 1. The summed E-state index contributed by atoms with van der Waals surface area (Å²) in [7, 11) is -3.91. The molecule has 0 bridgehead atoms. The summed E-state index contributed by atoms with van der Waals surface area (Å²) in [6.45, 7) is 2.28. The number of benzene rings is 3. The summed E-state index contributed by atoms with van der Waals surface area (Å²) in [6.07, 6.45) is 0.639. The topological polar surface area (TPSA) is 157 Å². The number of urea groups is 1. The van der Waals surface area contributed by atoms with Crippen LogP contribution in [0.4, 0.5) is 15.3 Å². The first-order chi connectivity index (χ1) is 19.8. The summed E-state index contributed by atoms with van der Waals surface area (Å²) in [6, 6.07) is 19.8. The summed E-state index contributed by atoms with van der Waals surface area (Å²) in [4.78, 5) is 30.5. The lowest BCUT2D eigenvalue weighted by Gasteiger charge is -2.23. The maximum absolute atomic E-state index is 13.3. The number of halogens is 3. The molecule has 0 heterocycles. The van der Waals surface area contributed by atoms with Gasteiger partial charge in [-0.3, -0.25) is 0 Å². The van der Waals surface area contributed by atoms with Crippen molar-refractivity contribution in [2.75, 3.05) is 18.5 Å². The summed E-state index contributed by atoms with van der Waals surface area (Å²) in [5.41, 5.74) is 8.80. The molecule has 0 aliphatic rings. The highest BCUT2D eigenvalue weighted by Gasteiger charge is 2.22. The normalized spacial score (nSPS) is 12.1. The molecule has 0 unspecified atom stereocenters. The van der Waals surface area contributed by atoms with Crippen molar-refractivity contribution in [3.8, 4) is 11.1 Å². The number of unbranched alkanes of at least 4 members (excludes halogenated alkanes) is 1. The maximum atomic E-state index is 13.3. The van der Waals surface area contributed by atoms with Crippen LogP contribution in [0.1, 0.15) is 30.9 Å². The van der Waals surface area contributed by atoms with Gasteiger partial charge in [0.15, 0.2) is 0 Å². The van der Waals surface area contributed by atoms with Crippen molar-refractivity contribution in [2.24, 2.45) is 15.9 Å². The number of anilines is 1. The summed E-state index contributed by atoms with van der Waals surface area (Å²) in [5, 5.41) is 8.25. The minimum atomic E-state index is -3.91. The number of rotatable bonds is 10. The molecule has 0 spiro atoms. The number of carbonyl (C=O) groups is 2. The van der Waals surface area contributed by atoms with Gasteiger partial charge in [0.25, 0.3) is 0 Å². The molecule has 0 atom stereocenters. The van der Waals surface area contributed by atoms with Crippen LogP contribution >= 0.6 is 34.8 Å². The fourth-order valence-corrected chi connectivity index (χ4v) is 4.80. The van der Waals surface area contributed by atoms with Gasteiger partial charge in [-0.2, -0.15) is 4.99 Å². The average molecular weight is 655 g/mol. The van der Waals surface area contributed by atoms with E-state index in [2.05, 4.69) is 10.3 Å². The Bertz CT molecular complexity index is 1540. The van der Waals surface area contributed by atoms with E-state index in [-0.39, 0.29) is 23.3 Å². The van der Waals surface area contributed by atoms with E-state index in [0.29, 0.717) is 28.9 Å². The number of ether oxygens (including phenoxy) is 1. The molecule has 3 rings (SSSR count). The predicted octanol–water partition coefficient (Wildman–Crippen LogP) is 6.05. The third-order valence-corrected chi connectivity index (χ3v) is 7.17. The molecule has 42 heavy (non-hydrogen) atoms. The highest BCUT2D eigenvalue weighted by Crippen LogP contribution is 2.28. The average Bonchev–Trinajstić information content (AvgIpc) is 2.94. The molecule has 10 nitrogen and oxygen atoms in total. The first kappa shape index (κ1) is 33.2. The van der Waals surface area contributed by atoms with E-state index in [4.69, 9.17) is 50.4 Å². The molecule has 3 amide bonds. The van der Waals surface area contributed by atoms with Gasteiger partial charge in [-0.25, -0.2) is 23.1 Å². The molecular formula is C28H30Cl3N5O5S. The summed E-state index contributed by atoms with van der Waals surface area (Å²) >= 11 is 16.7. The van der Waals surface area contributed by atoms with Crippen LogP contribution < -0.4 is 16.2 Å². The highest BCUT2D eigenvalue weighted by atomic mass is 35.6. The molecule has 14 heteroatoms. The van der Waals surface area contributed by atoms with E-state index in [0.717, 1.165) is 18.4 Å². The SMILES string of the molecule is CCCCN(Cc1cccc(C(N)=NC(=O)OCC(Cl)(Cl)Cl)c1)C(=O)Nc1ccc(-c2ccccc2S(N)(=O)=O)cc1. The number of alkyl halides is 3. The first-order valence-corrected chi connectivity index (χ1v) is 15.4. The van der Waals surface area contributed by atoms with Gasteiger partial charge in [-0.1, -0.05) is 96.7 Å². The Hall–Kier alpha value is -3.35. The first-order valence-electron chi connectivity index (χ1n) is 12.7. The van der Waals surface area contributed by atoms with Gasteiger partial charge in [0.1, 0.15) is 12.4 Å². The van der Waals surface area contributed by atoms with Crippen molar-refractivity contribution >= 4 is 68.5 Å². The third-order valence-electron chi connectivity index (χ3n) is 5.88. The lowest BCUT2D eigenvalue weighted by Crippen LogP contribution is -2.35. The second-order valence-electron chi connectivity index (χ2n) is 9.19. The molecule has 0 aromatic heterocycles. The number of hydrogen-bond acceptors (Lipinski definition) is 5. The molecular weight excluding hydrogens is 625 g/mol. The fourth-order valence-electron chi connectivity index (χ4n) is 3.88. The smallest absolute Gasteiger partial charge is 0.435 e. The van der Waals surface area contributed by atoms with Crippen LogP contribution in [0.25, 0.3) is 11.1 Å². The van der Waals surface area contributed by atoms with Gasteiger partial charge in [0.2, 0.25) is 13.8 Å². The summed E-state index contributed by atoms with van der Waals surface area (Å²) < 4.78 is 27.0. The molecule has 5 N–H and O–H groups in total. The maximum Gasteiger partial charge on any atom is 0.435 e. The number of nitrogens with one attached hydrogen (secondary N) is 1. The van der Waals surface area contributed by atoms with Crippen LogP contribution in [0.5, 0.6) is 0 Å². The van der Waals surface area contributed by atoms with Gasteiger partial charge in [-0.15, -0.1) is 0 Å². The number of amidine groups is 1. The Labute approximate surface area is 259 Å². The third kappa shape index (κ3) is 10.2. The Balaban J connectivity index is 1.73. The highest BCUT2D eigenvalue weighted by molar-refractivity contribution is 7.89. The number of nitrogens with zero attached hydrogens (tertiary/aromatic N) is 2. The van der Waals surface area contributed by atoms with E-state index in [9.17, 15) is 18.0 Å². The molecule has 3 aromatic carbocycles. The van der Waals surface area contributed by atoms with Crippen LogP contribution in [0, 0.1) is 0 Å². The van der Waals surface area contributed by atoms with Crippen molar-refractivity contribution in [1.82, 2.24) is 4.90 Å². The molecule has 0 saturated carbocycles. The molecule has 0 fully saturated rings. The Kier molecular flexibility index (Phi) is 11.6. The zero-order chi connectivity index (χ0) is 30.9. The van der Waals surface area contributed by atoms with E-state index < -0.39 is 26.5 Å². The molecule has 0 radical (unpaired) electrons. The second kappa shape index (κ2) is 14.7. The standard InChI is InChI=1S/C28H30Cl3N5O5S/c1-2-3-15-36(17-19-7-6-8-21(16-19)25(32)35-27(38)41-18-28(29,30)31)26(37)34-22-13-11-20(12-14-22)23-9-4-5-10-24(23)42(33,39)40/h4-14,16H,2-3,15,17-18H2,1H3,(H,34,37)(H2,32,35,38)(H2,33,39,40). The Morgan fingerprint density at radius 2 is 1.71 bits per heavy atom. The van der Waals surface area contributed by atoms with E-state index in [1.54, 1.807) is 65.6 Å². The number of amides is 3. The number of hydrogen-bond donors (Lipinski definition) is 3. The van der Waals surface area contributed by atoms with E-state index in [1.807, 2.05) is 13.0 Å². The summed E-state index contributed by atoms with van der Waals surface area (Å²) in [5.74, 6) is -0.0974. The molecule has 0 aliphatic carbocycles. The zero-order valence-corrected chi connectivity index (χ0v) is 25.7. The van der Waals surface area contributed by atoms with Crippen molar-refractivity contribution in [3.05, 3.63) is 83.9 Å². The van der Waals surface area contributed by atoms with Crippen molar-refractivity contribution in [2.45, 2.75) is 35.0 Å². The van der Waals surface area contributed by atoms with Crippen LogP contribution in [0.3, 0.4) is 0 Å². The molecule has 224 valence electrons. The van der Waals surface area contributed by atoms with Crippen molar-refractivity contribution in [3.63, 3.8) is 0 Å². The van der Waals surface area contributed by atoms with Gasteiger partial charge in [-0.05, 0) is 41.8 Å². The van der Waals surface area contributed by atoms with E-state index >= 15 is 0 Å². The van der Waals surface area contributed by atoms with Gasteiger partial charge in [0, 0.05) is 29.9 Å². The minimum Gasteiger partial charge on any atom is -0.443 e. The van der Waals surface area contributed by atoms with Crippen LogP contribution in [0.2, 0.25) is 0 Å². The molecule has 0 aliphatic heterocycles. The van der Waals surface area contributed by atoms with Crippen LogP contribution in [-0.4, -0.2) is 48.2 Å². The predicted molar refractivity (Wildman–Crippen MR) is 166 cm³/mol. The van der Waals surface area contributed by atoms with Crippen molar-refractivity contribution < 1.29 is 22.7 Å². The van der Waals surface area contributed by atoms with Crippen LogP contribution in [-0.2, 0) is 21.3 Å². The Morgan fingerprint density at radius 1 is 1.02 bits per heavy atom. The molecule has 3 aromatic rings. The number of primary sulfonamides is 1. The van der Waals surface area contributed by atoms with Crippen LogP contribution in [0.15, 0.2) is 82.7 Å². The van der Waals surface area contributed by atoms with E-state index in [1.165, 1.54) is 6.07 Å².